The van der Waals surface area contributed by atoms with Crippen LogP contribution in [-0.4, -0.2) is 28.1 Å². The molecule has 0 aliphatic carbocycles. The molecule has 1 N–H and O–H groups in total. The molecule has 6 nitrogen and oxygen atoms in total. The van der Waals surface area contributed by atoms with Gasteiger partial charge in [-0.05, 0) is 49.2 Å². The third kappa shape index (κ3) is 3.10. The summed E-state index contributed by atoms with van der Waals surface area (Å²) in [5, 5.41) is 7.29. The molecule has 0 saturated heterocycles. The van der Waals surface area contributed by atoms with Crippen LogP contribution in [0, 0.1) is 6.92 Å². The molecule has 0 atom stereocenters. The number of nitrogens with zero attached hydrogens (tertiary/aromatic N) is 3. The molecule has 0 bridgehead atoms. The minimum Gasteiger partial charge on any atom is -0.322 e. The van der Waals surface area contributed by atoms with E-state index in [4.69, 9.17) is 0 Å². The minimum absolute atomic E-state index is 0.0366. The number of carbonyl (C=O) groups is 2. The maximum atomic E-state index is 12.7. The Kier molecular flexibility index (Phi) is 4.24. The Bertz CT molecular complexity index is 1020. The zero-order valence-electron chi connectivity index (χ0n) is 15.3. The molecule has 1 aliphatic rings. The first-order valence-electron chi connectivity index (χ1n) is 8.87. The number of rotatable bonds is 3. The van der Waals surface area contributed by atoms with Crippen molar-refractivity contribution in [3.8, 4) is 5.69 Å². The quantitative estimate of drug-likeness (QED) is 0.779. The van der Waals surface area contributed by atoms with Crippen LogP contribution in [0.15, 0.2) is 54.7 Å². The van der Waals surface area contributed by atoms with Crippen molar-refractivity contribution in [2.45, 2.75) is 20.3 Å². The Labute approximate surface area is 157 Å². The lowest BCUT2D eigenvalue weighted by atomic mass is 10.1. The second-order valence-electron chi connectivity index (χ2n) is 6.61. The summed E-state index contributed by atoms with van der Waals surface area (Å²) in [6.45, 7) is 4.13. The Morgan fingerprint density at radius 2 is 1.89 bits per heavy atom. The third-order valence-electron chi connectivity index (χ3n) is 4.87. The van der Waals surface area contributed by atoms with Gasteiger partial charge in [0.05, 0.1) is 23.1 Å². The molecule has 27 heavy (non-hydrogen) atoms. The van der Waals surface area contributed by atoms with E-state index < -0.39 is 0 Å². The second kappa shape index (κ2) is 6.72. The average molecular weight is 360 g/mol. The molecule has 0 radical (unpaired) electrons. The van der Waals surface area contributed by atoms with Crippen LogP contribution in [0.25, 0.3) is 5.69 Å². The Balaban J connectivity index is 1.56. The van der Waals surface area contributed by atoms with E-state index in [-0.39, 0.29) is 11.8 Å². The number of hydrogen-bond acceptors (Lipinski definition) is 3. The van der Waals surface area contributed by atoms with E-state index in [0.29, 0.717) is 12.1 Å². The lowest BCUT2D eigenvalue weighted by Gasteiger charge is -2.15. The van der Waals surface area contributed by atoms with Crippen molar-refractivity contribution in [1.29, 1.82) is 0 Å². The molecule has 0 saturated carbocycles. The van der Waals surface area contributed by atoms with E-state index in [2.05, 4.69) is 10.4 Å². The largest absolute Gasteiger partial charge is 0.322 e. The molecular weight excluding hydrogens is 340 g/mol. The molecule has 0 unspecified atom stereocenters. The molecule has 1 aliphatic heterocycles. The van der Waals surface area contributed by atoms with Gasteiger partial charge in [0.15, 0.2) is 0 Å². The van der Waals surface area contributed by atoms with Crippen LogP contribution in [0.1, 0.15) is 28.5 Å². The van der Waals surface area contributed by atoms with Gasteiger partial charge in [-0.25, -0.2) is 4.68 Å². The lowest BCUT2D eigenvalue weighted by Crippen LogP contribution is -2.25. The van der Waals surface area contributed by atoms with Crippen molar-refractivity contribution >= 4 is 23.2 Å². The average Bonchev–Trinajstić information content (AvgIpc) is 3.25. The first kappa shape index (κ1) is 17.0. The zero-order chi connectivity index (χ0) is 19.0. The number of amides is 2. The zero-order valence-corrected chi connectivity index (χ0v) is 15.3. The van der Waals surface area contributed by atoms with Crippen LogP contribution in [0.3, 0.4) is 0 Å². The first-order valence-corrected chi connectivity index (χ1v) is 8.87. The Morgan fingerprint density at radius 3 is 2.63 bits per heavy atom. The smallest absolute Gasteiger partial charge is 0.259 e. The van der Waals surface area contributed by atoms with Crippen LogP contribution < -0.4 is 10.2 Å². The van der Waals surface area contributed by atoms with Gasteiger partial charge in [-0.2, -0.15) is 5.10 Å². The van der Waals surface area contributed by atoms with Gasteiger partial charge < -0.3 is 10.2 Å². The van der Waals surface area contributed by atoms with E-state index in [1.54, 1.807) is 22.7 Å². The normalized spacial score (nSPS) is 12.7. The van der Waals surface area contributed by atoms with Crippen LogP contribution >= 0.6 is 0 Å². The van der Waals surface area contributed by atoms with E-state index in [1.165, 1.54) is 0 Å². The lowest BCUT2D eigenvalue weighted by molar-refractivity contribution is -0.116. The van der Waals surface area contributed by atoms with Crippen LogP contribution in [-0.2, 0) is 11.2 Å². The van der Waals surface area contributed by atoms with E-state index in [1.807, 2.05) is 55.5 Å². The molecule has 0 fully saturated rings. The summed E-state index contributed by atoms with van der Waals surface area (Å²) >= 11 is 0. The van der Waals surface area contributed by atoms with Gasteiger partial charge in [-0.1, -0.05) is 18.2 Å². The number of para-hydroxylation sites is 1. The van der Waals surface area contributed by atoms with E-state index >= 15 is 0 Å². The SMILES string of the molecule is CC(=O)N1CCc2cc(NC(=O)c3cnn(-c4ccccc4)c3C)ccc21. The van der Waals surface area contributed by atoms with Crippen molar-refractivity contribution in [1.82, 2.24) is 9.78 Å². The molecule has 1 aromatic heterocycles. The number of fused-ring (bicyclic) bond motifs is 1. The van der Waals surface area contributed by atoms with Crippen molar-refractivity contribution < 1.29 is 9.59 Å². The first-order chi connectivity index (χ1) is 13.0. The fraction of sp³-hybridized carbons (Fsp3) is 0.190. The van der Waals surface area contributed by atoms with Gasteiger partial charge in [-0.3, -0.25) is 9.59 Å². The molecule has 2 heterocycles. The monoisotopic (exact) mass is 360 g/mol. The number of carbonyl (C=O) groups excluding carboxylic acids is 2. The van der Waals surface area contributed by atoms with Crippen molar-refractivity contribution in [2.24, 2.45) is 0 Å². The van der Waals surface area contributed by atoms with E-state index in [9.17, 15) is 9.59 Å². The summed E-state index contributed by atoms with van der Waals surface area (Å²) in [5.41, 5.74) is 4.94. The highest BCUT2D eigenvalue weighted by atomic mass is 16.2. The van der Waals surface area contributed by atoms with Gasteiger partial charge >= 0.3 is 0 Å². The van der Waals surface area contributed by atoms with Gasteiger partial charge in [0.1, 0.15) is 0 Å². The van der Waals surface area contributed by atoms with Crippen LogP contribution in [0.5, 0.6) is 0 Å². The third-order valence-corrected chi connectivity index (χ3v) is 4.87. The predicted molar refractivity (Wildman–Crippen MR) is 104 cm³/mol. The fourth-order valence-electron chi connectivity index (χ4n) is 3.47. The molecule has 2 aromatic carbocycles. The van der Waals surface area contributed by atoms with Crippen LogP contribution in [0.2, 0.25) is 0 Å². The maximum absolute atomic E-state index is 12.7. The standard InChI is InChI=1S/C21H20N4O2/c1-14-19(13-22-25(14)18-6-4-3-5-7-18)21(27)23-17-8-9-20-16(12-17)10-11-24(20)15(2)26/h3-9,12-13H,10-11H2,1-2H3,(H,23,27). The summed E-state index contributed by atoms with van der Waals surface area (Å²) in [5.74, 6) is -0.162. The summed E-state index contributed by atoms with van der Waals surface area (Å²) < 4.78 is 1.75. The molecule has 6 heteroatoms. The highest BCUT2D eigenvalue weighted by molar-refractivity contribution is 6.05. The second-order valence-corrected chi connectivity index (χ2v) is 6.61. The van der Waals surface area contributed by atoms with Crippen molar-refractivity contribution in [3.05, 3.63) is 71.5 Å². The number of nitrogens with one attached hydrogen (secondary N) is 1. The predicted octanol–water partition coefficient (Wildman–Crippen LogP) is 3.34. The number of anilines is 2. The minimum atomic E-state index is -0.198. The highest BCUT2D eigenvalue weighted by Gasteiger charge is 2.23. The number of hydrogen-bond donors (Lipinski definition) is 1. The van der Waals surface area contributed by atoms with Crippen molar-refractivity contribution in [3.63, 3.8) is 0 Å². The summed E-state index contributed by atoms with van der Waals surface area (Å²) in [6, 6.07) is 15.4. The molecule has 0 spiro atoms. The highest BCUT2D eigenvalue weighted by Crippen LogP contribution is 2.30. The molecule has 136 valence electrons. The maximum Gasteiger partial charge on any atom is 0.259 e. The van der Waals surface area contributed by atoms with Crippen LogP contribution in [0.4, 0.5) is 11.4 Å². The fourth-order valence-corrected chi connectivity index (χ4v) is 3.47. The van der Waals surface area contributed by atoms with Gasteiger partial charge in [0, 0.05) is 24.8 Å². The van der Waals surface area contributed by atoms with Gasteiger partial charge in [-0.15, -0.1) is 0 Å². The molecule has 4 rings (SSSR count). The van der Waals surface area contributed by atoms with Gasteiger partial charge in [0.2, 0.25) is 5.91 Å². The summed E-state index contributed by atoms with van der Waals surface area (Å²) in [6.07, 6.45) is 2.38. The summed E-state index contributed by atoms with van der Waals surface area (Å²) in [4.78, 5) is 26.1. The topological polar surface area (TPSA) is 67.2 Å². The Hall–Kier alpha value is -3.41. The van der Waals surface area contributed by atoms with Gasteiger partial charge in [0.25, 0.3) is 5.91 Å². The van der Waals surface area contributed by atoms with Crippen molar-refractivity contribution in [2.75, 3.05) is 16.8 Å². The molecular formula is C21H20N4O2. The molecule has 2 amide bonds. The Morgan fingerprint density at radius 1 is 1.11 bits per heavy atom. The van der Waals surface area contributed by atoms with E-state index in [0.717, 1.165) is 34.7 Å². The summed E-state index contributed by atoms with van der Waals surface area (Å²) in [7, 11) is 0. The molecule has 3 aromatic rings. The number of benzene rings is 2. The number of aromatic nitrogens is 2.